The molecule has 0 spiro atoms. The Hall–Kier alpha value is -0.260. The van der Waals surface area contributed by atoms with E-state index in [9.17, 15) is 0 Å². The van der Waals surface area contributed by atoms with Gasteiger partial charge in [0.15, 0.2) is 0 Å². The normalized spacial score (nSPS) is 53.5. The topological polar surface area (TPSA) is 0 Å². The first-order valence-electron chi connectivity index (χ1n) is 6.29. The van der Waals surface area contributed by atoms with E-state index in [2.05, 4.69) is 32.9 Å². The van der Waals surface area contributed by atoms with E-state index in [4.69, 9.17) is 0 Å². The third-order valence-corrected chi connectivity index (χ3v) is 5.45. The molecule has 14 heavy (non-hydrogen) atoms. The van der Waals surface area contributed by atoms with Crippen LogP contribution in [0.2, 0.25) is 0 Å². The highest BCUT2D eigenvalue weighted by Crippen LogP contribution is 2.68. The van der Waals surface area contributed by atoms with Gasteiger partial charge in [-0.25, -0.2) is 0 Å². The molecule has 0 aromatic heterocycles. The fourth-order valence-electron chi connectivity index (χ4n) is 4.51. The van der Waals surface area contributed by atoms with Gasteiger partial charge < -0.3 is 0 Å². The maximum Gasteiger partial charge on any atom is -0.0173 e. The van der Waals surface area contributed by atoms with Crippen molar-refractivity contribution >= 4 is 0 Å². The molecule has 0 heteroatoms. The van der Waals surface area contributed by atoms with E-state index in [-0.39, 0.29) is 0 Å². The van der Waals surface area contributed by atoms with Gasteiger partial charge in [0, 0.05) is 0 Å². The standard InChI is InChI=1S/C14H22/c1-9-7-8-12-13(14(12,2)3)11-6-4-5-10(9)11/h4-5,9-13H,6-8H2,1-3H3/t9-,10-,11-,12-,13+/m1/s1. The van der Waals surface area contributed by atoms with Crippen molar-refractivity contribution in [3.63, 3.8) is 0 Å². The van der Waals surface area contributed by atoms with Gasteiger partial charge >= 0.3 is 0 Å². The van der Waals surface area contributed by atoms with Crippen molar-refractivity contribution < 1.29 is 0 Å². The molecule has 3 aliphatic rings. The molecule has 0 aromatic rings. The number of allylic oxidation sites excluding steroid dienone is 2. The Morgan fingerprint density at radius 2 is 2.00 bits per heavy atom. The largest absolute Gasteiger partial charge is 0.0879 e. The van der Waals surface area contributed by atoms with E-state index >= 15 is 0 Å². The highest BCUT2D eigenvalue weighted by atomic mass is 14.7. The molecule has 5 atom stereocenters. The van der Waals surface area contributed by atoms with Crippen molar-refractivity contribution in [1.82, 2.24) is 0 Å². The van der Waals surface area contributed by atoms with Gasteiger partial charge in [-0.15, -0.1) is 0 Å². The molecular formula is C14H22. The zero-order valence-electron chi connectivity index (χ0n) is 9.66. The van der Waals surface area contributed by atoms with Gasteiger partial charge in [0.25, 0.3) is 0 Å². The smallest absolute Gasteiger partial charge is 0.0173 e. The van der Waals surface area contributed by atoms with E-state index in [1.807, 2.05) is 0 Å². The Balaban J connectivity index is 1.88. The first-order chi connectivity index (χ1) is 6.62. The molecule has 0 saturated heterocycles. The van der Waals surface area contributed by atoms with E-state index in [0.717, 1.165) is 29.6 Å². The second-order valence-electron chi connectivity index (χ2n) is 6.41. The second-order valence-corrected chi connectivity index (χ2v) is 6.41. The third kappa shape index (κ3) is 1.00. The average molecular weight is 190 g/mol. The molecule has 3 rings (SSSR count). The van der Waals surface area contributed by atoms with Crippen LogP contribution in [0.25, 0.3) is 0 Å². The SMILES string of the molecule is C[C@@H]1CC[C@@H]2[C@H]([C@@H]3CC=C[C@@H]31)C2(C)C. The maximum atomic E-state index is 2.52. The first-order valence-corrected chi connectivity index (χ1v) is 6.29. The van der Waals surface area contributed by atoms with Crippen LogP contribution in [0.5, 0.6) is 0 Å². The van der Waals surface area contributed by atoms with Crippen LogP contribution in [0.3, 0.4) is 0 Å². The summed E-state index contributed by atoms with van der Waals surface area (Å²) in [6.45, 7) is 7.45. The fraction of sp³-hybridized carbons (Fsp3) is 0.857. The van der Waals surface area contributed by atoms with E-state index < -0.39 is 0 Å². The van der Waals surface area contributed by atoms with Gasteiger partial charge in [-0.05, 0) is 54.3 Å². The minimum Gasteiger partial charge on any atom is -0.0879 e. The minimum absolute atomic E-state index is 0.676. The van der Waals surface area contributed by atoms with Crippen molar-refractivity contribution in [2.75, 3.05) is 0 Å². The van der Waals surface area contributed by atoms with Crippen LogP contribution in [-0.4, -0.2) is 0 Å². The lowest BCUT2D eigenvalue weighted by molar-refractivity contribution is 0.261. The zero-order chi connectivity index (χ0) is 9.92. The molecular weight excluding hydrogens is 168 g/mol. The van der Waals surface area contributed by atoms with Gasteiger partial charge in [0.1, 0.15) is 0 Å². The summed E-state index contributed by atoms with van der Waals surface area (Å²) in [7, 11) is 0. The van der Waals surface area contributed by atoms with Crippen LogP contribution < -0.4 is 0 Å². The molecule has 0 heterocycles. The quantitative estimate of drug-likeness (QED) is 0.508. The summed E-state index contributed by atoms with van der Waals surface area (Å²) in [6.07, 6.45) is 9.31. The molecule has 0 nitrogen and oxygen atoms in total. The predicted molar refractivity (Wildman–Crippen MR) is 59.9 cm³/mol. The molecule has 0 N–H and O–H groups in total. The summed E-state index contributed by atoms with van der Waals surface area (Å²) in [5, 5.41) is 0. The van der Waals surface area contributed by atoms with Crippen molar-refractivity contribution in [2.45, 2.75) is 40.0 Å². The lowest BCUT2D eigenvalue weighted by Crippen LogP contribution is -2.19. The molecule has 3 aliphatic carbocycles. The predicted octanol–water partition coefficient (Wildman–Crippen LogP) is 3.88. The summed E-state index contributed by atoms with van der Waals surface area (Å²) >= 11 is 0. The van der Waals surface area contributed by atoms with Crippen molar-refractivity contribution in [2.24, 2.45) is 35.0 Å². The highest BCUT2D eigenvalue weighted by molar-refractivity contribution is 5.17. The Morgan fingerprint density at radius 3 is 2.79 bits per heavy atom. The van der Waals surface area contributed by atoms with Crippen molar-refractivity contribution in [3.8, 4) is 0 Å². The van der Waals surface area contributed by atoms with Gasteiger partial charge in [0.05, 0.1) is 0 Å². The van der Waals surface area contributed by atoms with Crippen LogP contribution in [-0.2, 0) is 0 Å². The van der Waals surface area contributed by atoms with Crippen molar-refractivity contribution in [1.29, 1.82) is 0 Å². The number of rotatable bonds is 0. The van der Waals surface area contributed by atoms with Crippen molar-refractivity contribution in [3.05, 3.63) is 12.2 Å². The Morgan fingerprint density at radius 1 is 1.21 bits per heavy atom. The number of hydrogen-bond acceptors (Lipinski definition) is 0. The Bertz CT molecular complexity index is 274. The third-order valence-electron chi connectivity index (χ3n) is 5.45. The molecule has 2 saturated carbocycles. The van der Waals surface area contributed by atoms with Gasteiger partial charge in [0.2, 0.25) is 0 Å². The monoisotopic (exact) mass is 190 g/mol. The van der Waals surface area contributed by atoms with E-state index in [1.165, 1.54) is 19.3 Å². The molecule has 0 aliphatic heterocycles. The fourth-order valence-corrected chi connectivity index (χ4v) is 4.51. The second kappa shape index (κ2) is 2.65. The van der Waals surface area contributed by atoms with Crippen LogP contribution in [0.15, 0.2) is 12.2 Å². The summed E-state index contributed by atoms with van der Waals surface area (Å²) in [5.74, 6) is 4.98. The molecule has 78 valence electrons. The first kappa shape index (κ1) is 9.00. The highest BCUT2D eigenvalue weighted by Gasteiger charge is 2.62. The van der Waals surface area contributed by atoms with Crippen LogP contribution in [0.4, 0.5) is 0 Å². The van der Waals surface area contributed by atoms with E-state index in [1.54, 1.807) is 0 Å². The van der Waals surface area contributed by atoms with Gasteiger partial charge in [-0.2, -0.15) is 0 Å². The molecule has 0 radical (unpaired) electrons. The summed E-state index contributed by atoms with van der Waals surface area (Å²) in [5.41, 5.74) is 0.676. The summed E-state index contributed by atoms with van der Waals surface area (Å²) in [4.78, 5) is 0. The maximum absolute atomic E-state index is 2.52. The lowest BCUT2D eigenvalue weighted by Gasteiger charge is -2.25. The number of hydrogen-bond donors (Lipinski definition) is 0. The van der Waals surface area contributed by atoms with Crippen LogP contribution >= 0.6 is 0 Å². The molecule has 2 fully saturated rings. The van der Waals surface area contributed by atoms with Gasteiger partial charge in [-0.3, -0.25) is 0 Å². The summed E-state index contributed by atoms with van der Waals surface area (Å²) in [6, 6.07) is 0. The minimum atomic E-state index is 0.676. The Labute approximate surface area is 87.8 Å². The zero-order valence-corrected chi connectivity index (χ0v) is 9.66. The molecule has 0 bridgehead atoms. The molecule has 0 aromatic carbocycles. The van der Waals surface area contributed by atoms with Crippen LogP contribution in [0, 0.1) is 35.0 Å². The lowest BCUT2D eigenvalue weighted by atomic mass is 9.79. The molecule has 0 unspecified atom stereocenters. The Kier molecular flexibility index (Phi) is 1.70. The molecule has 0 amide bonds. The summed E-state index contributed by atoms with van der Waals surface area (Å²) < 4.78 is 0. The van der Waals surface area contributed by atoms with Crippen LogP contribution in [0.1, 0.15) is 40.0 Å². The van der Waals surface area contributed by atoms with Gasteiger partial charge in [-0.1, -0.05) is 32.9 Å². The van der Waals surface area contributed by atoms with E-state index in [0.29, 0.717) is 5.41 Å². The average Bonchev–Trinajstić information content (AvgIpc) is 2.54. The number of fused-ring (bicyclic) bond motifs is 3.